The van der Waals surface area contributed by atoms with E-state index in [0.29, 0.717) is 19.1 Å². The van der Waals surface area contributed by atoms with Crippen LogP contribution < -0.4 is 10.6 Å². The minimum atomic E-state index is 0. The number of hydrogen-bond donors (Lipinski definition) is 2. The fourth-order valence-electron chi connectivity index (χ4n) is 3.37. The molecule has 0 bridgehead atoms. The van der Waals surface area contributed by atoms with E-state index in [1.54, 1.807) is 0 Å². The Hall–Kier alpha value is -1.64. The monoisotopic (exact) mass is 482 g/mol. The number of rotatable bonds is 5. The molecule has 2 aromatic rings. The Kier molecular flexibility index (Phi) is 8.07. The predicted molar refractivity (Wildman–Crippen MR) is 120 cm³/mol. The summed E-state index contributed by atoms with van der Waals surface area (Å²) in [5, 5.41) is 15.4. The van der Waals surface area contributed by atoms with Crippen molar-refractivity contribution in [2.75, 3.05) is 0 Å². The van der Waals surface area contributed by atoms with Gasteiger partial charge in [0.2, 0.25) is 0 Å². The van der Waals surface area contributed by atoms with Crippen LogP contribution in [0.3, 0.4) is 0 Å². The van der Waals surface area contributed by atoms with E-state index >= 15 is 0 Å². The van der Waals surface area contributed by atoms with Gasteiger partial charge < -0.3 is 15.2 Å². The predicted octanol–water partition coefficient (Wildman–Crippen LogP) is 3.54. The zero-order valence-electron chi connectivity index (χ0n) is 16.7. The molecule has 0 saturated heterocycles. The van der Waals surface area contributed by atoms with Crippen molar-refractivity contribution < 1.29 is 0 Å². The largest absolute Gasteiger partial charge is 0.354 e. The molecule has 0 atom stereocenters. The number of benzene rings is 1. The van der Waals surface area contributed by atoms with Crippen molar-refractivity contribution in [1.29, 1.82) is 0 Å². The smallest absolute Gasteiger partial charge is 0.192 e. The Bertz CT molecular complexity index is 777. The van der Waals surface area contributed by atoms with Crippen molar-refractivity contribution in [2.24, 2.45) is 12.0 Å². The highest BCUT2D eigenvalue weighted by Crippen LogP contribution is 2.17. The zero-order chi connectivity index (χ0) is 18.5. The van der Waals surface area contributed by atoms with E-state index in [2.05, 4.69) is 52.9 Å². The van der Waals surface area contributed by atoms with Crippen LogP contribution in [0.4, 0.5) is 0 Å². The number of aromatic nitrogens is 3. The lowest BCUT2D eigenvalue weighted by Crippen LogP contribution is -2.42. The molecule has 7 heteroatoms. The number of nitrogens with one attached hydrogen (secondary N) is 2. The van der Waals surface area contributed by atoms with E-state index in [1.807, 2.05) is 18.5 Å². The molecular weight excluding hydrogens is 451 g/mol. The molecular formula is C20H31IN6. The highest BCUT2D eigenvalue weighted by molar-refractivity contribution is 14.0. The first-order valence-corrected chi connectivity index (χ1v) is 9.49. The number of guanidine groups is 1. The molecule has 1 fully saturated rings. The summed E-state index contributed by atoms with van der Waals surface area (Å²) in [5.74, 6) is 2.69. The molecule has 1 aliphatic rings. The Morgan fingerprint density at radius 3 is 2.56 bits per heavy atom. The van der Waals surface area contributed by atoms with E-state index in [9.17, 15) is 0 Å². The zero-order valence-corrected chi connectivity index (χ0v) is 19.1. The van der Waals surface area contributed by atoms with Crippen LogP contribution in [-0.2, 0) is 20.1 Å². The first-order chi connectivity index (χ1) is 12.5. The molecule has 0 unspecified atom stereocenters. The van der Waals surface area contributed by atoms with Crippen LogP contribution in [0.25, 0.3) is 0 Å². The molecule has 1 aliphatic carbocycles. The third-order valence-electron chi connectivity index (χ3n) is 5.20. The Labute approximate surface area is 179 Å². The molecule has 27 heavy (non-hydrogen) atoms. The van der Waals surface area contributed by atoms with Crippen LogP contribution in [0, 0.1) is 20.8 Å². The first kappa shape index (κ1) is 21.7. The summed E-state index contributed by atoms with van der Waals surface area (Å²) in [7, 11) is 1.99. The second-order valence-corrected chi connectivity index (χ2v) is 7.30. The molecule has 0 amide bonds. The van der Waals surface area contributed by atoms with Crippen molar-refractivity contribution in [3.05, 3.63) is 46.5 Å². The van der Waals surface area contributed by atoms with Crippen molar-refractivity contribution in [3.8, 4) is 0 Å². The van der Waals surface area contributed by atoms with Crippen LogP contribution >= 0.6 is 24.0 Å². The number of halogens is 1. The van der Waals surface area contributed by atoms with Gasteiger partial charge in [-0.05, 0) is 44.7 Å². The molecule has 1 heterocycles. The SMILES string of the molecule is Cc1ccc(CN=C(NCc2nnc(C)n2C)NC2CCCC2)c(C)c1.I. The lowest BCUT2D eigenvalue weighted by Gasteiger charge is -2.17. The molecule has 3 rings (SSSR count). The molecule has 1 saturated carbocycles. The van der Waals surface area contributed by atoms with Crippen molar-refractivity contribution in [2.45, 2.75) is 65.6 Å². The molecule has 1 aromatic heterocycles. The van der Waals surface area contributed by atoms with Gasteiger partial charge in [0.1, 0.15) is 5.82 Å². The van der Waals surface area contributed by atoms with E-state index in [1.165, 1.54) is 42.4 Å². The van der Waals surface area contributed by atoms with Gasteiger partial charge >= 0.3 is 0 Å². The number of hydrogen-bond acceptors (Lipinski definition) is 3. The highest BCUT2D eigenvalue weighted by atomic mass is 127. The molecule has 0 spiro atoms. The fourth-order valence-corrected chi connectivity index (χ4v) is 3.37. The third-order valence-corrected chi connectivity index (χ3v) is 5.20. The van der Waals surface area contributed by atoms with Gasteiger partial charge in [0.05, 0.1) is 13.1 Å². The summed E-state index contributed by atoms with van der Waals surface area (Å²) >= 11 is 0. The summed E-state index contributed by atoms with van der Waals surface area (Å²) in [5.41, 5.74) is 3.84. The van der Waals surface area contributed by atoms with Crippen molar-refractivity contribution >= 4 is 29.9 Å². The average Bonchev–Trinajstić information content (AvgIpc) is 3.23. The van der Waals surface area contributed by atoms with Gasteiger partial charge in [-0.1, -0.05) is 36.6 Å². The number of aryl methyl sites for hydroxylation is 3. The van der Waals surface area contributed by atoms with Gasteiger partial charge in [0, 0.05) is 13.1 Å². The fraction of sp³-hybridized carbons (Fsp3) is 0.550. The van der Waals surface area contributed by atoms with Gasteiger partial charge in [0.25, 0.3) is 0 Å². The second kappa shape index (κ2) is 10.1. The van der Waals surface area contributed by atoms with E-state index in [-0.39, 0.29) is 24.0 Å². The van der Waals surface area contributed by atoms with Crippen molar-refractivity contribution in [1.82, 2.24) is 25.4 Å². The minimum Gasteiger partial charge on any atom is -0.354 e. The molecule has 148 valence electrons. The Morgan fingerprint density at radius 1 is 1.19 bits per heavy atom. The van der Waals surface area contributed by atoms with Gasteiger partial charge in [-0.15, -0.1) is 34.2 Å². The van der Waals surface area contributed by atoms with Gasteiger partial charge in [0.15, 0.2) is 11.8 Å². The quantitative estimate of drug-likeness (QED) is 0.389. The lowest BCUT2D eigenvalue weighted by atomic mass is 10.1. The summed E-state index contributed by atoms with van der Waals surface area (Å²) < 4.78 is 2.00. The van der Waals surface area contributed by atoms with Gasteiger partial charge in [-0.2, -0.15) is 0 Å². The molecule has 1 aromatic carbocycles. The lowest BCUT2D eigenvalue weighted by molar-refractivity contribution is 0.606. The summed E-state index contributed by atoms with van der Waals surface area (Å²) in [6.07, 6.45) is 5.02. The molecule has 6 nitrogen and oxygen atoms in total. The molecule has 0 aliphatic heterocycles. The third kappa shape index (κ3) is 5.92. The number of nitrogens with zero attached hydrogens (tertiary/aromatic N) is 4. The standard InChI is InChI=1S/C20H30N6.HI/c1-14-9-10-17(15(2)11-14)12-21-20(23-18-7-5-6-8-18)22-13-19-25-24-16(3)26(19)4;/h9-11,18H,5-8,12-13H2,1-4H3,(H2,21,22,23);1H. The van der Waals surface area contributed by atoms with Gasteiger partial charge in [-0.3, -0.25) is 0 Å². The van der Waals surface area contributed by atoms with Crippen LogP contribution in [-0.4, -0.2) is 26.8 Å². The first-order valence-electron chi connectivity index (χ1n) is 9.49. The Morgan fingerprint density at radius 2 is 1.93 bits per heavy atom. The Balaban J connectivity index is 0.00000261. The maximum Gasteiger partial charge on any atom is 0.192 e. The molecule has 2 N–H and O–H groups in total. The second-order valence-electron chi connectivity index (χ2n) is 7.30. The van der Waals surface area contributed by atoms with E-state index < -0.39 is 0 Å². The van der Waals surface area contributed by atoms with E-state index in [0.717, 1.165) is 17.6 Å². The molecule has 0 radical (unpaired) electrons. The summed E-state index contributed by atoms with van der Waals surface area (Å²) in [4.78, 5) is 4.84. The van der Waals surface area contributed by atoms with Crippen molar-refractivity contribution in [3.63, 3.8) is 0 Å². The van der Waals surface area contributed by atoms with Crippen LogP contribution in [0.5, 0.6) is 0 Å². The van der Waals surface area contributed by atoms with Crippen LogP contribution in [0.15, 0.2) is 23.2 Å². The maximum absolute atomic E-state index is 4.84. The highest BCUT2D eigenvalue weighted by Gasteiger charge is 2.16. The average molecular weight is 482 g/mol. The van der Waals surface area contributed by atoms with Crippen LogP contribution in [0.1, 0.15) is 54.0 Å². The maximum atomic E-state index is 4.84. The van der Waals surface area contributed by atoms with Gasteiger partial charge in [-0.25, -0.2) is 4.99 Å². The normalized spacial score (nSPS) is 14.9. The number of aliphatic imine (C=N–C) groups is 1. The van der Waals surface area contributed by atoms with Crippen LogP contribution in [0.2, 0.25) is 0 Å². The van der Waals surface area contributed by atoms with E-state index in [4.69, 9.17) is 4.99 Å². The minimum absolute atomic E-state index is 0. The summed E-state index contributed by atoms with van der Waals surface area (Å²) in [6.45, 7) is 7.52. The summed E-state index contributed by atoms with van der Waals surface area (Å²) in [6, 6.07) is 7.05. The topological polar surface area (TPSA) is 67.1 Å².